The molecule has 4 saturated carbocycles. The first-order chi connectivity index (χ1) is 15.9. The number of rotatable bonds is 3. The lowest BCUT2D eigenvalue weighted by atomic mass is 9.40. The van der Waals surface area contributed by atoms with Crippen molar-refractivity contribution in [1.29, 1.82) is 5.26 Å². The Morgan fingerprint density at radius 3 is 2.59 bits per heavy atom. The van der Waals surface area contributed by atoms with Crippen molar-refractivity contribution in [2.45, 2.75) is 104 Å². The molecule has 1 heterocycles. The van der Waals surface area contributed by atoms with Crippen molar-refractivity contribution in [1.82, 2.24) is 9.78 Å². The molecule has 1 aromatic heterocycles. The van der Waals surface area contributed by atoms with Crippen molar-refractivity contribution in [2.75, 3.05) is 0 Å². The van der Waals surface area contributed by atoms with Crippen LogP contribution in [-0.4, -0.2) is 31.2 Å². The van der Waals surface area contributed by atoms with Crippen molar-refractivity contribution in [3.8, 4) is 6.07 Å². The second-order valence-corrected chi connectivity index (χ2v) is 13.7. The van der Waals surface area contributed by atoms with Gasteiger partial charge in [-0.15, -0.1) is 0 Å². The summed E-state index contributed by atoms with van der Waals surface area (Å²) in [4.78, 5) is 0. The highest BCUT2D eigenvalue weighted by atomic mass is 16.3. The van der Waals surface area contributed by atoms with Gasteiger partial charge in [-0.3, -0.25) is 4.68 Å². The minimum Gasteiger partial charge on any atom is -0.390 e. The molecular weight excluding hydrogens is 422 g/mol. The molecule has 5 heteroatoms. The van der Waals surface area contributed by atoms with Gasteiger partial charge in [-0.05, 0) is 118 Å². The van der Waals surface area contributed by atoms with Gasteiger partial charge in [0.05, 0.1) is 29.5 Å². The molecule has 0 amide bonds. The van der Waals surface area contributed by atoms with E-state index in [1.165, 1.54) is 32.1 Å². The molecule has 4 aliphatic carbocycles. The van der Waals surface area contributed by atoms with Crippen molar-refractivity contribution >= 4 is 0 Å². The molecule has 0 radical (unpaired) electrons. The van der Waals surface area contributed by atoms with Crippen LogP contribution in [0.25, 0.3) is 0 Å². The molecule has 4 aliphatic rings. The second kappa shape index (κ2) is 8.34. The van der Waals surface area contributed by atoms with Gasteiger partial charge in [-0.2, -0.15) is 10.4 Å². The third-order valence-corrected chi connectivity index (χ3v) is 11.4. The first kappa shape index (κ1) is 24.3. The predicted molar refractivity (Wildman–Crippen MR) is 133 cm³/mol. The van der Waals surface area contributed by atoms with Crippen LogP contribution in [0, 0.1) is 64.1 Å². The normalized spacial score (nSPS) is 48.1. The fourth-order valence-corrected chi connectivity index (χ4v) is 9.87. The summed E-state index contributed by atoms with van der Waals surface area (Å²) < 4.78 is 1.77. The molecule has 5 nitrogen and oxygen atoms in total. The number of nitriles is 1. The Morgan fingerprint density at radius 1 is 1.15 bits per heavy atom. The largest absolute Gasteiger partial charge is 0.390 e. The molecule has 4 fully saturated rings. The monoisotopic (exact) mass is 467 g/mol. The lowest BCUT2D eigenvalue weighted by molar-refractivity contribution is -0.196. The molecule has 2 N–H and O–H groups in total. The number of fused-ring (bicyclic) bond motifs is 5. The first-order valence-electron chi connectivity index (χ1n) is 13.8. The van der Waals surface area contributed by atoms with Crippen molar-refractivity contribution < 1.29 is 10.2 Å². The molecule has 0 aliphatic heterocycles. The zero-order valence-electron chi connectivity index (χ0n) is 21.9. The van der Waals surface area contributed by atoms with Gasteiger partial charge in [0.1, 0.15) is 6.07 Å². The van der Waals surface area contributed by atoms with Crippen LogP contribution in [0.3, 0.4) is 0 Å². The Labute approximate surface area is 205 Å². The van der Waals surface area contributed by atoms with E-state index in [-0.39, 0.29) is 11.3 Å². The highest BCUT2D eigenvalue weighted by molar-refractivity contribution is 5.21. The molecular formula is C29H45N3O2. The van der Waals surface area contributed by atoms with Gasteiger partial charge >= 0.3 is 0 Å². The van der Waals surface area contributed by atoms with Crippen LogP contribution in [-0.2, 0) is 6.54 Å². The van der Waals surface area contributed by atoms with E-state index in [0.717, 1.165) is 37.0 Å². The molecule has 5 rings (SSSR count). The SMILES string of the molecule is C[C@H]1[C@H]2[C@@H]3CC[C@@H]4C[C@](C)(O)CC[C@@H]4[C@H]3CC[C@]2(C)C([C@](C)(O)Cn2cc(C#N)cn2)C[C@@H]1C. The summed E-state index contributed by atoms with van der Waals surface area (Å²) in [5, 5.41) is 36.2. The molecule has 34 heavy (non-hydrogen) atoms. The van der Waals surface area contributed by atoms with Gasteiger partial charge in [0.2, 0.25) is 0 Å². The third-order valence-electron chi connectivity index (χ3n) is 11.4. The lowest BCUT2D eigenvalue weighted by Gasteiger charge is -2.65. The second-order valence-electron chi connectivity index (χ2n) is 13.7. The molecule has 0 bridgehead atoms. The van der Waals surface area contributed by atoms with Crippen LogP contribution >= 0.6 is 0 Å². The van der Waals surface area contributed by atoms with E-state index in [4.69, 9.17) is 0 Å². The number of aliphatic hydroxyl groups is 2. The van der Waals surface area contributed by atoms with E-state index in [9.17, 15) is 15.5 Å². The van der Waals surface area contributed by atoms with E-state index in [2.05, 4.69) is 31.9 Å². The average molecular weight is 468 g/mol. The molecule has 0 aromatic carbocycles. The fourth-order valence-electron chi connectivity index (χ4n) is 9.87. The fraction of sp³-hybridized carbons (Fsp3) is 0.862. The van der Waals surface area contributed by atoms with Crippen LogP contribution in [0.15, 0.2) is 12.4 Å². The molecule has 0 saturated heterocycles. The lowest BCUT2D eigenvalue weighted by Crippen LogP contribution is -2.61. The van der Waals surface area contributed by atoms with Gasteiger partial charge < -0.3 is 10.2 Å². The summed E-state index contributed by atoms with van der Waals surface area (Å²) >= 11 is 0. The summed E-state index contributed by atoms with van der Waals surface area (Å²) in [6, 6.07) is 2.16. The topological polar surface area (TPSA) is 82.1 Å². The molecule has 1 unspecified atom stereocenters. The molecule has 1 aromatic rings. The van der Waals surface area contributed by atoms with Crippen LogP contribution < -0.4 is 0 Å². The highest BCUT2D eigenvalue weighted by Crippen LogP contribution is 2.66. The van der Waals surface area contributed by atoms with Gasteiger partial charge in [-0.25, -0.2) is 0 Å². The van der Waals surface area contributed by atoms with Crippen LogP contribution in [0.4, 0.5) is 0 Å². The van der Waals surface area contributed by atoms with Crippen LogP contribution in [0.1, 0.15) is 91.5 Å². The smallest absolute Gasteiger partial charge is 0.102 e. The van der Waals surface area contributed by atoms with Gasteiger partial charge in [0.25, 0.3) is 0 Å². The van der Waals surface area contributed by atoms with Crippen LogP contribution in [0.5, 0.6) is 0 Å². The molecule has 0 spiro atoms. The van der Waals surface area contributed by atoms with E-state index in [0.29, 0.717) is 35.8 Å². The number of hydrogen-bond acceptors (Lipinski definition) is 4. The van der Waals surface area contributed by atoms with Crippen molar-refractivity contribution in [3.05, 3.63) is 18.0 Å². The van der Waals surface area contributed by atoms with E-state index in [1.807, 2.05) is 13.8 Å². The Hall–Kier alpha value is -1.38. The standard InChI is InChI=1S/C29H45N3O2/c1-18-12-25(29(5,34)17-32-16-20(14-30)15-31-32)28(4)11-9-23-22-8-10-27(3,33)13-21(22)6-7-24(23)26(28)19(18)2/h15-16,18-19,21-26,33-34H,6-13,17H2,1-5H3/t18-,19+,21+,22-,23+,24+,25?,26-,27+,28+,29+/m0/s1. The summed E-state index contributed by atoms with van der Waals surface area (Å²) in [7, 11) is 0. The third kappa shape index (κ3) is 3.94. The Morgan fingerprint density at radius 2 is 1.88 bits per heavy atom. The number of hydrogen-bond donors (Lipinski definition) is 2. The van der Waals surface area contributed by atoms with E-state index < -0.39 is 11.2 Å². The maximum absolute atomic E-state index is 12.0. The first-order valence-corrected chi connectivity index (χ1v) is 13.8. The number of aromatic nitrogens is 2. The Balaban J connectivity index is 1.42. The number of nitrogens with zero attached hydrogens (tertiary/aromatic N) is 3. The average Bonchev–Trinajstić information content (AvgIpc) is 3.21. The van der Waals surface area contributed by atoms with Crippen molar-refractivity contribution in [2.24, 2.45) is 52.8 Å². The molecule has 11 atom stereocenters. The maximum atomic E-state index is 12.0. The zero-order chi connectivity index (χ0) is 24.5. The van der Waals surface area contributed by atoms with Gasteiger partial charge in [0, 0.05) is 6.20 Å². The molecule has 188 valence electrons. The van der Waals surface area contributed by atoms with Crippen molar-refractivity contribution in [3.63, 3.8) is 0 Å². The summed E-state index contributed by atoms with van der Waals surface area (Å²) in [5.41, 5.74) is -0.664. The quantitative estimate of drug-likeness (QED) is 0.623. The summed E-state index contributed by atoms with van der Waals surface area (Å²) in [6.45, 7) is 11.9. The maximum Gasteiger partial charge on any atom is 0.102 e. The minimum atomic E-state index is -0.867. The zero-order valence-corrected chi connectivity index (χ0v) is 21.9. The van der Waals surface area contributed by atoms with Gasteiger partial charge in [-0.1, -0.05) is 20.8 Å². The predicted octanol–water partition coefficient (Wildman–Crippen LogP) is 5.41. The summed E-state index contributed by atoms with van der Waals surface area (Å²) in [5.74, 6) is 5.12. The Bertz CT molecular complexity index is 945. The Kier molecular flexibility index (Phi) is 5.97. The highest BCUT2D eigenvalue weighted by Gasteiger charge is 2.61. The van der Waals surface area contributed by atoms with E-state index in [1.54, 1.807) is 17.1 Å². The van der Waals surface area contributed by atoms with Gasteiger partial charge in [0.15, 0.2) is 0 Å². The minimum absolute atomic E-state index is 0.120. The van der Waals surface area contributed by atoms with E-state index >= 15 is 0 Å². The van der Waals surface area contributed by atoms with Crippen LogP contribution in [0.2, 0.25) is 0 Å². The summed E-state index contributed by atoms with van der Waals surface area (Å²) in [6.07, 6.45) is 12.6.